The highest BCUT2D eigenvalue weighted by Crippen LogP contribution is 2.60. The first-order chi connectivity index (χ1) is 4.26. The molecule has 9 heavy (non-hydrogen) atoms. The predicted molar refractivity (Wildman–Crippen MR) is 38.1 cm³/mol. The van der Waals surface area contributed by atoms with Crippen molar-refractivity contribution in [1.29, 1.82) is 5.26 Å². The SMILES string of the molecule is N#CC1(Br)CCC2CC21. The van der Waals surface area contributed by atoms with E-state index in [1.165, 1.54) is 12.8 Å². The fraction of sp³-hybridized carbons (Fsp3) is 0.857. The van der Waals surface area contributed by atoms with Crippen molar-refractivity contribution in [2.24, 2.45) is 11.8 Å². The highest BCUT2D eigenvalue weighted by molar-refractivity contribution is 9.10. The van der Waals surface area contributed by atoms with Gasteiger partial charge in [-0.05, 0) is 31.1 Å². The third-order valence-corrected chi connectivity index (χ3v) is 3.74. The van der Waals surface area contributed by atoms with E-state index in [2.05, 4.69) is 22.0 Å². The number of halogens is 1. The zero-order valence-corrected chi connectivity index (χ0v) is 6.69. The summed E-state index contributed by atoms with van der Waals surface area (Å²) >= 11 is 3.49. The summed E-state index contributed by atoms with van der Waals surface area (Å²) in [6, 6.07) is 2.35. The van der Waals surface area contributed by atoms with E-state index in [1.807, 2.05) is 0 Å². The van der Waals surface area contributed by atoms with Gasteiger partial charge in [0.25, 0.3) is 0 Å². The van der Waals surface area contributed by atoms with Gasteiger partial charge in [0.2, 0.25) is 0 Å². The lowest BCUT2D eigenvalue weighted by molar-refractivity contribution is 0.667. The van der Waals surface area contributed by atoms with E-state index < -0.39 is 0 Å². The van der Waals surface area contributed by atoms with Crippen LogP contribution < -0.4 is 0 Å². The van der Waals surface area contributed by atoms with Crippen molar-refractivity contribution in [2.45, 2.75) is 23.6 Å². The molecule has 0 radical (unpaired) electrons. The Hall–Kier alpha value is -0.0300. The molecule has 3 unspecified atom stereocenters. The van der Waals surface area contributed by atoms with Crippen LogP contribution in [0.1, 0.15) is 19.3 Å². The summed E-state index contributed by atoms with van der Waals surface area (Å²) in [4.78, 5) is 0. The Balaban J connectivity index is 2.23. The van der Waals surface area contributed by atoms with Gasteiger partial charge in [0.1, 0.15) is 4.32 Å². The van der Waals surface area contributed by atoms with Crippen molar-refractivity contribution in [3.05, 3.63) is 0 Å². The second kappa shape index (κ2) is 1.52. The molecule has 3 atom stereocenters. The van der Waals surface area contributed by atoms with Gasteiger partial charge in [-0.3, -0.25) is 0 Å². The van der Waals surface area contributed by atoms with Crippen molar-refractivity contribution < 1.29 is 0 Å². The van der Waals surface area contributed by atoms with Crippen molar-refractivity contribution in [3.8, 4) is 6.07 Å². The summed E-state index contributed by atoms with van der Waals surface area (Å²) in [5.41, 5.74) is 0. The van der Waals surface area contributed by atoms with Gasteiger partial charge in [-0.2, -0.15) is 5.26 Å². The normalized spacial score (nSPS) is 54.2. The number of nitriles is 1. The Bertz CT molecular complexity index is 184. The second-order valence-electron chi connectivity index (χ2n) is 3.12. The number of fused-ring (bicyclic) bond motifs is 1. The maximum Gasteiger partial charge on any atom is 0.115 e. The lowest BCUT2D eigenvalue weighted by atomic mass is 10.1. The lowest BCUT2D eigenvalue weighted by Crippen LogP contribution is -2.16. The number of hydrogen-bond donors (Lipinski definition) is 0. The maximum absolute atomic E-state index is 8.73. The van der Waals surface area contributed by atoms with E-state index in [9.17, 15) is 0 Å². The molecule has 0 bridgehead atoms. The Kier molecular flexibility index (Phi) is 0.967. The van der Waals surface area contributed by atoms with Crippen LogP contribution in [0.5, 0.6) is 0 Å². The molecule has 1 nitrogen and oxygen atoms in total. The van der Waals surface area contributed by atoms with Crippen LogP contribution in [-0.4, -0.2) is 4.32 Å². The minimum Gasteiger partial charge on any atom is -0.197 e. The van der Waals surface area contributed by atoms with Gasteiger partial charge in [0.05, 0.1) is 6.07 Å². The quantitative estimate of drug-likeness (QED) is 0.531. The molecule has 0 N–H and O–H groups in total. The Morgan fingerprint density at radius 1 is 1.67 bits per heavy atom. The van der Waals surface area contributed by atoms with Crippen LogP contribution in [-0.2, 0) is 0 Å². The zero-order chi connectivity index (χ0) is 6.48. The van der Waals surface area contributed by atoms with Crippen LogP contribution in [0.15, 0.2) is 0 Å². The largest absolute Gasteiger partial charge is 0.197 e. The van der Waals surface area contributed by atoms with E-state index >= 15 is 0 Å². The van der Waals surface area contributed by atoms with E-state index in [1.54, 1.807) is 0 Å². The zero-order valence-electron chi connectivity index (χ0n) is 5.10. The average molecular weight is 186 g/mol. The monoisotopic (exact) mass is 185 g/mol. The fourth-order valence-electron chi connectivity index (χ4n) is 1.85. The summed E-state index contributed by atoms with van der Waals surface area (Å²) in [6.07, 6.45) is 3.63. The molecule has 0 aliphatic heterocycles. The third kappa shape index (κ3) is 0.646. The summed E-state index contributed by atoms with van der Waals surface area (Å²) in [7, 11) is 0. The average Bonchev–Trinajstić information content (AvgIpc) is 2.58. The molecule has 2 aliphatic rings. The summed E-state index contributed by atoms with van der Waals surface area (Å²) in [5, 5.41) is 8.73. The van der Waals surface area contributed by atoms with Gasteiger partial charge in [-0.25, -0.2) is 0 Å². The lowest BCUT2D eigenvalue weighted by Gasteiger charge is -2.11. The highest BCUT2D eigenvalue weighted by atomic mass is 79.9. The van der Waals surface area contributed by atoms with Crippen LogP contribution >= 0.6 is 15.9 Å². The fourth-order valence-corrected chi connectivity index (χ4v) is 2.64. The Morgan fingerprint density at radius 3 is 2.67 bits per heavy atom. The van der Waals surface area contributed by atoms with E-state index in [4.69, 9.17) is 5.26 Å². The molecular weight excluding hydrogens is 178 g/mol. The second-order valence-corrected chi connectivity index (χ2v) is 4.53. The molecule has 0 amide bonds. The molecule has 2 heteroatoms. The van der Waals surface area contributed by atoms with Crippen molar-refractivity contribution in [3.63, 3.8) is 0 Å². The number of hydrogen-bond acceptors (Lipinski definition) is 1. The minimum absolute atomic E-state index is 0.113. The molecule has 0 saturated heterocycles. The van der Waals surface area contributed by atoms with Gasteiger partial charge in [0, 0.05) is 0 Å². The molecule has 2 aliphatic carbocycles. The van der Waals surface area contributed by atoms with Gasteiger partial charge >= 0.3 is 0 Å². The highest BCUT2D eigenvalue weighted by Gasteiger charge is 2.57. The number of rotatable bonds is 0. The molecule has 0 aromatic heterocycles. The number of nitrogens with zero attached hydrogens (tertiary/aromatic N) is 1. The molecule has 0 aromatic carbocycles. The minimum atomic E-state index is -0.113. The standard InChI is InChI=1S/C7H8BrN/c8-7(4-9)2-1-5-3-6(5)7/h5-6H,1-3H2. The van der Waals surface area contributed by atoms with Crippen molar-refractivity contribution in [1.82, 2.24) is 0 Å². The van der Waals surface area contributed by atoms with Gasteiger partial charge in [-0.15, -0.1) is 0 Å². The van der Waals surface area contributed by atoms with Gasteiger partial charge in [0.15, 0.2) is 0 Å². The van der Waals surface area contributed by atoms with Crippen LogP contribution in [0.3, 0.4) is 0 Å². The smallest absolute Gasteiger partial charge is 0.115 e. The first kappa shape index (κ1) is 5.73. The van der Waals surface area contributed by atoms with E-state index in [-0.39, 0.29) is 4.32 Å². The van der Waals surface area contributed by atoms with Crippen LogP contribution in [0.25, 0.3) is 0 Å². The van der Waals surface area contributed by atoms with Crippen molar-refractivity contribution >= 4 is 15.9 Å². The summed E-state index contributed by atoms with van der Waals surface area (Å²) in [6.45, 7) is 0. The number of alkyl halides is 1. The molecule has 2 saturated carbocycles. The van der Waals surface area contributed by atoms with Crippen LogP contribution in [0.4, 0.5) is 0 Å². The molecule has 0 spiro atoms. The molecule has 2 rings (SSSR count). The maximum atomic E-state index is 8.73. The first-order valence-corrected chi connectivity index (χ1v) is 4.16. The predicted octanol–water partition coefficient (Wildman–Crippen LogP) is 2.07. The topological polar surface area (TPSA) is 23.8 Å². The summed E-state index contributed by atoms with van der Waals surface area (Å²) < 4.78 is -0.113. The molecule has 2 fully saturated rings. The third-order valence-electron chi connectivity index (χ3n) is 2.58. The van der Waals surface area contributed by atoms with E-state index in [0.717, 1.165) is 12.3 Å². The van der Waals surface area contributed by atoms with E-state index in [0.29, 0.717) is 5.92 Å². The van der Waals surface area contributed by atoms with Crippen LogP contribution in [0, 0.1) is 23.2 Å². The molecule has 48 valence electrons. The van der Waals surface area contributed by atoms with Crippen molar-refractivity contribution in [2.75, 3.05) is 0 Å². The molecule has 0 aromatic rings. The molecule has 0 heterocycles. The Morgan fingerprint density at radius 2 is 2.44 bits per heavy atom. The van der Waals surface area contributed by atoms with Gasteiger partial charge < -0.3 is 0 Å². The summed E-state index contributed by atoms with van der Waals surface area (Å²) in [5.74, 6) is 1.59. The first-order valence-electron chi connectivity index (χ1n) is 3.36. The molecular formula is C7H8BrN. The Labute approximate surface area is 63.2 Å². The van der Waals surface area contributed by atoms with Crippen LogP contribution in [0.2, 0.25) is 0 Å². The van der Waals surface area contributed by atoms with Gasteiger partial charge in [-0.1, -0.05) is 15.9 Å².